The Morgan fingerprint density at radius 2 is 1.67 bits per heavy atom. The minimum Gasteiger partial charge on any atom is -0.352 e. The van der Waals surface area contributed by atoms with Gasteiger partial charge in [-0.2, -0.15) is 13.2 Å². The van der Waals surface area contributed by atoms with E-state index in [2.05, 4.69) is 5.32 Å². The summed E-state index contributed by atoms with van der Waals surface area (Å²) in [6, 6.07) is 13.5. The van der Waals surface area contributed by atoms with Crippen molar-refractivity contribution in [2.75, 3.05) is 0 Å². The van der Waals surface area contributed by atoms with E-state index in [1.165, 1.54) is 0 Å². The molecule has 140 valence electrons. The molecule has 3 aromatic rings. The number of rotatable bonds is 5. The van der Waals surface area contributed by atoms with E-state index >= 15 is 0 Å². The molecular formula is C20H16F4N2O. The minimum absolute atomic E-state index is 0.0362. The van der Waals surface area contributed by atoms with Crippen LogP contribution in [0.2, 0.25) is 0 Å². The quantitative estimate of drug-likeness (QED) is 0.654. The monoisotopic (exact) mass is 376 g/mol. The van der Waals surface area contributed by atoms with Crippen molar-refractivity contribution >= 4 is 5.91 Å². The van der Waals surface area contributed by atoms with Gasteiger partial charge in [0.2, 0.25) is 5.91 Å². The maximum Gasteiger partial charge on any atom is 0.416 e. The van der Waals surface area contributed by atoms with Gasteiger partial charge in [0.25, 0.3) is 0 Å². The summed E-state index contributed by atoms with van der Waals surface area (Å²) in [6.07, 6.45) is -0.865. The fourth-order valence-corrected chi connectivity index (χ4v) is 2.70. The van der Waals surface area contributed by atoms with Crippen LogP contribution in [-0.4, -0.2) is 10.5 Å². The number of aromatic nitrogens is 1. The number of carbonyl (C=O) groups is 1. The van der Waals surface area contributed by atoms with E-state index in [-0.39, 0.29) is 18.5 Å². The maximum absolute atomic E-state index is 13.1. The van der Waals surface area contributed by atoms with Crippen molar-refractivity contribution in [2.24, 2.45) is 0 Å². The molecule has 27 heavy (non-hydrogen) atoms. The predicted octanol–water partition coefficient (Wildman–Crippen LogP) is 4.49. The highest BCUT2D eigenvalue weighted by Gasteiger charge is 2.33. The highest BCUT2D eigenvalue weighted by molar-refractivity contribution is 5.78. The zero-order chi connectivity index (χ0) is 19.4. The summed E-state index contributed by atoms with van der Waals surface area (Å²) in [4.78, 5) is 12.1. The molecule has 0 radical (unpaired) electrons. The molecule has 0 aliphatic heterocycles. The molecule has 0 saturated carbocycles. The van der Waals surface area contributed by atoms with Crippen LogP contribution in [0, 0.1) is 5.82 Å². The molecule has 0 aliphatic carbocycles. The van der Waals surface area contributed by atoms with E-state index < -0.39 is 23.5 Å². The summed E-state index contributed by atoms with van der Waals surface area (Å²) in [5.74, 6) is -1.39. The normalized spacial score (nSPS) is 11.4. The van der Waals surface area contributed by atoms with Crippen LogP contribution >= 0.6 is 0 Å². The Morgan fingerprint density at radius 3 is 2.30 bits per heavy atom. The van der Waals surface area contributed by atoms with Gasteiger partial charge in [-0.15, -0.1) is 0 Å². The topological polar surface area (TPSA) is 34.0 Å². The molecule has 3 rings (SSSR count). The zero-order valence-electron chi connectivity index (χ0n) is 14.1. The van der Waals surface area contributed by atoms with Gasteiger partial charge in [0, 0.05) is 24.6 Å². The zero-order valence-corrected chi connectivity index (χ0v) is 14.1. The Bertz CT molecular complexity index is 916. The Morgan fingerprint density at radius 1 is 1.00 bits per heavy atom. The smallest absolute Gasteiger partial charge is 0.352 e. The van der Waals surface area contributed by atoms with Crippen molar-refractivity contribution in [3.63, 3.8) is 0 Å². The average molecular weight is 376 g/mol. The lowest BCUT2D eigenvalue weighted by atomic mass is 10.1. The second-order valence-corrected chi connectivity index (χ2v) is 6.01. The van der Waals surface area contributed by atoms with Crippen LogP contribution < -0.4 is 5.32 Å². The van der Waals surface area contributed by atoms with Crippen LogP contribution in [-0.2, 0) is 23.9 Å². The first-order valence-electron chi connectivity index (χ1n) is 8.17. The van der Waals surface area contributed by atoms with Crippen molar-refractivity contribution < 1.29 is 22.4 Å². The van der Waals surface area contributed by atoms with Gasteiger partial charge in [0.1, 0.15) is 5.82 Å². The number of amides is 1. The third kappa shape index (κ3) is 4.75. The van der Waals surface area contributed by atoms with Crippen LogP contribution in [0.25, 0.3) is 5.69 Å². The Hall–Kier alpha value is -3.09. The molecule has 0 atom stereocenters. The first kappa shape index (κ1) is 18.7. The molecule has 0 saturated heterocycles. The fraction of sp³-hybridized carbons (Fsp3) is 0.150. The molecule has 1 aromatic heterocycles. The second-order valence-electron chi connectivity index (χ2n) is 6.01. The van der Waals surface area contributed by atoms with Gasteiger partial charge in [-0.3, -0.25) is 4.79 Å². The fourth-order valence-electron chi connectivity index (χ4n) is 2.70. The molecule has 7 heteroatoms. The summed E-state index contributed by atoms with van der Waals surface area (Å²) in [5.41, 5.74) is 0.405. The molecule has 2 aromatic carbocycles. The summed E-state index contributed by atoms with van der Waals surface area (Å²) in [6.45, 7) is -0.324. The predicted molar refractivity (Wildman–Crippen MR) is 92.7 cm³/mol. The van der Waals surface area contributed by atoms with Gasteiger partial charge in [-0.25, -0.2) is 4.39 Å². The lowest BCUT2D eigenvalue weighted by Gasteiger charge is -2.13. The summed E-state index contributed by atoms with van der Waals surface area (Å²) in [5, 5.41) is 2.45. The molecule has 0 spiro atoms. The van der Waals surface area contributed by atoms with Crippen LogP contribution in [0.5, 0.6) is 0 Å². The maximum atomic E-state index is 13.1. The number of hydrogen-bond acceptors (Lipinski definition) is 1. The summed E-state index contributed by atoms with van der Waals surface area (Å²) >= 11 is 0. The van der Waals surface area contributed by atoms with Crippen LogP contribution in [0.1, 0.15) is 16.7 Å². The van der Waals surface area contributed by atoms with Gasteiger partial charge >= 0.3 is 6.18 Å². The van der Waals surface area contributed by atoms with E-state index in [0.717, 1.165) is 23.4 Å². The van der Waals surface area contributed by atoms with Gasteiger partial charge in [0.15, 0.2) is 0 Å². The highest BCUT2D eigenvalue weighted by atomic mass is 19.4. The number of halogens is 4. The average Bonchev–Trinajstić information content (AvgIpc) is 3.15. The molecular weight excluding hydrogens is 360 g/mol. The van der Waals surface area contributed by atoms with Crippen LogP contribution in [0.15, 0.2) is 67.0 Å². The summed E-state index contributed by atoms with van der Waals surface area (Å²) < 4.78 is 53.9. The molecule has 0 aliphatic rings. The molecule has 1 N–H and O–H groups in total. The summed E-state index contributed by atoms with van der Waals surface area (Å²) in [7, 11) is 0. The Kier molecular flexibility index (Phi) is 5.30. The molecule has 0 fully saturated rings. The van der Waals surface area contributed by atoms with Crippen molar-refractivity contribution in [1.29, 1.82) is 0 Å². The van der Waals surface area contributed by atoms with E-state index in [0.29, 0.717) is 6.07 Å². The Balaban J connectivity index is 1.62. The molecule has 1 heterocycles. The molecule has 0 unspecified atom stereocenters. The number of benzene rings is 2. The van der Waals surface area contributed by atoms with Gasteiger partial charge < -0.3 is 9.88 Å². The number of alkyl halides is 3. The van der Waals surface area contributed by atoms with Gasteiger partial charge in [-0.1, -0.05) is 18.2 Å². The number of nitrogens with one attached hydrogen (secondary N) is 1. The van der Waals surface area contributed by atoms with Crippen LogP contribution in [0.3, 0.4) is 0 Å². The van der Waals surface area contributed by atoms with Crippen molar-refractivity contribution in [3.8, 4) is 5.69 Å². The van der Waals surface area contributed by atoms with E-state index in [1.807, 2.05) is 41.2 Å². The third-order valence-corrected chi connectivity index (χ3v) is 4.06. The molecule has 1 amide bonds. The number of nitrogens with zero attached hydrogens (tertiary/aromatic N) is 1. The largest absolute Gasteiger partial charge is 0.416 e. The second kappa shape index (κ2) is 7.65. The van der Waals surface area contributed by atoms with Crippen molar-refractivity contribution in [2.45, 2.75) is 19.1 Å². The highest BCUT2D eigenvalue weighted by Crippen LogP contribution is 2.32. The number of hydrogen-bond donors (Lipinski definition) is 1. The minimum atomic E-state index is -4.68. The molecule has 0 bridgehead atoms. The SMILES string of the molecule is O=C(Cc1ccc(-n2cccc2)cc1)NCc1ccc(F)cc1C(F)(F)F. The standard InChI is InChI=1S/C20H16F4N2O/c21-16-6-5-15(18(12-16)20(22,23)24)13-25-19(27)11-14-3-7-17(8-4-14)26-9-1-2-10-26/h1-10,12H,11,13H2,(H,25,27). The first-order chi connectivity index (χ1) is 12.8. The molecule has 3 nitrogen and oxygen atoms in total. The van der Waals surface area contributed by atoms with Crippen molar-refractivity contribution in [1.82, 2.24) is 9.88 Å². The van der Waals surface area contributed by atoms with E-state index in [9.17, 15) is 22.4 Å². The van der Waals surface area contributed by atoms with Gasteiger partial charge in [-0.05, 0) is 47.5 Å². The first-order valence-corrected chi connectivity index (χ1v) is 8.17. The van der Waals surface area contributed by atoms with E-state index in [4.69, 9.17) is 0 Å². The lowest BCUT2D eigenvalue weighted by Crippen LogP contribution is -2.26. The number of carbonyl (C=O) groups excluding carboxylic acids is 1. The van der Waals surface area contributed by atoms with Crippen molar-refractivity contribution in [3.05, 3.63) is 89.5 Å². The van der Waals surface area contributed by atoms with E-state index in [1.54, 1.807) is 12.1 Å². The van der Waals surface area contributed by atoms with Gasteiger partial charge in [0.05, 0.1) is 12.0 Å². The van der Waals surface area contributed by atoms with Crippen LogP contribution in [0.4, 0.5) is 17.6 Å². The lowest BCUT2D eigenvalue weighted by molar-refractivity contribution is -0.138. The Labute approximate surface area is 153 Å². The third-order valence-electron chi connectivity index (χ3n) is 4.06.